The van der Waals surface area contributed by atoms with Crippen molar-refractivity contribution >= 4 is 17.7 Å². The first-order chi connectivity index (χ1) is 9.04. The molecule has 0 radical (unpaired) electrons. The summed E-state index contributed by atoms with van der Waals surface area (Å²) in [7, 11) is 0. The number of rotatable bonds is 4. The number of hydrogen-bond acceptors (Lipinski definition) is 5. The smallest absolute Gasteiger partial charge is 0.359 e. The molecule has 1 aromatic rings. The zero-order valence-electron chi connectivity index (χ0n) is 10.6. The van der Waals surface area contributed by atoms with E-state index < -0.39 is 11.9 Å². The van der Waals surface area contributed by atoms with Crippen molar-refractivity contribution in [3.8, 4) is 0 Å². The largest absolute Gasteiger partial charge is 0.461 e. The van der Waals surface area contributed by atoms with Crippen LogP contribution in [0.3, 0.4) is 0 Å². The van der Waals surface area contributed by atoms with Gasteiger partial charge in [-0.1, -0.05) is 0 Å². The van der Waals surface area contributed by atoms with Crippen LogP contribution in [-0.4, -0.2) is 34.0 Å². The second-order valence-electron chi connectivity index (χ2n) is 4.29. The fourth-order valence-corrected chi connectivity index (χ4v) is 2.21. The average Bonchev–Trinajstić information content (AvgIpc) is 2.69. The molecule has 1 amide bonds. The van der Waals surface area contributed by atoms with E-state index in [1.54, 1.807) is 6.92 Å². The monoisotopic (exact) mass is 265 g/mol. The number of fused-ring (bicyclic) bond motifs is 1. The normalized spacial score (nSPS) is 14.1. The Hall–Kier alpha value is -2.18. The van der Waals surface area contributed by atoms with Crippen molar-refractivity contribution in [2.75, 3.05) is 6.61 Å². The topological polar surface area (TPSA) is 104 Å². The van der Waals surface area contributed by atoms with E-state index in [0.29, 0.717) is 25.0 Å². The molecule has 0 saturated heterocycles. The lowest BCUT2D eigenvalue weighted by Crippen LogP contribution is -2.22. The summed E-state index contributed by atoms with van der Waals surface area (Å²) in [5, 5.41) is 4.02. The van der Waals surface area contributed by atoms with Crippen LogP contribution >= 0.6 is 0 Å². The number of carbonyl (C=O) groups excluding carboxylic acids is 3. The van der Waals surface area contributed by atoms with Gasteiger partial charge in [0.05, 0.1) is 17.9 Å². The van der Waals surface area contributed by atoms with Crippen LogP contribution in [0.25, 0.3) is 0 Å². The molecule has 102 valence electrons. The number of hydrogen-bond donors (Lipinski definition) is 1. The van der Waals surface area contributed by atoms with Crippen LogP contribution < -0.4 is 5.73 Å². The fourth-order valence-electron chi connectivity index (χ4n) is 2.21. The van der Waals surface area contributed by atoms with Crippen molar-refractivity contribution < 1.29 is 19.1 Å². The predicted molar refractivity (Wildman–Crippen MR) is 64.6 cm³/mol. The predicted octanol–water partition coefficient (Wildman–Crippen LogP) is 0.0641. The first-order valence-electron chi connectivity index (χ1n) is 6.13. The van der Waals surface area contributed by atoms with Crippen LogP contribution in [0.5, 0.6) is 0 Å². The molecule has 0 aliphatic heterocycles. The molecule has 0 saturated carbocycles. The van der Waals surface area contributed by atoms with Crippen molar-refractivity contribution in [3.05, 3.63) is 17.0 Å². The molecule has 1 aromatic heterocycles. The maximum atomic E-state index is 11.9. The first-order valence-corrected chi connectivity index (χ1v) is 6.13. The van der Waals surface area contributed by atoms with E-state index >= 15 is 0 Å². The van der Waals surface area contributed by atoms with Crippen LogP contribution in [0.4, 0.5) is 0 Å². The van der Waals surface area contributed by atoms with Crippen molar-refractivity contribution in [3.63, 3.8) is 0 Å². The molecule has 0 atom stereocenters. The van der Waals surface area contributed by atoms with Gasteiger partial charge in [0.15, 0.2) is 11.5 Å². The molecular weight excluding hydrogens is 250 g/mol. The molecular formula is C12H15N3O4. The van der Waals surface area contributed by atoms with Gasteiger partial charge in [0.25, 0.3) is 0 Å². The third-order valence-electron chi connectivity index (χ3n) is 2.93. The highest BCUT2D eigenvalue weighted by Gasteiger charge is 2.31. The molecule has 0 unspecified atom stereocenters. The summed E-state index contributed by atoms with van der Waals surface area (Å²) >= 11 is 0. The van der Waals surface area contributed by atoms with Gasteiger partial charge in [0.2, 0.25) is 5.91 Å². The van der Waals surface area contributed by atoms with Crippen molar-refractivity contribution in [2.24, 2.45) is 5.73 Å². The number of ketones is 1. The molecule has 2 rings (SSSR count). The third kappa shape index (κ3) is 2.49. The zero-order valence-corrected chi connectivity index (χ0v) is 10.6. The molecule has 2 N–H and O–H groups in total. The first kappa shape index (κ1) is 13.3. The Bertz CT molecular complexity index is 547. The van der Waals surface area contributed by atoms with Crippen LogP contribution in [0.15, 0.2) is 0 Å². The minimum absolute atomic E-state index is 0.0113. The highest BCUT2D eigenvalue weighted by molar-refractivity contribution is 6.06. The maximum absolute atomic E-state index is 11.9. The number of amides is 1. The zero-order chi connectivity index (χ0) is 14.0. The molecule has 1 aliphatic rings. The molecule has 19 heavy (non-hydrogen) atoms. The van der Waals surface area contributed by atoms with Gasteiger partial charge in [-0.15, -0.1) is 0 Å². The highest BCUT2D eigenvalue weighted by Crippen LogP contribution is 2.25. The maximum Gasteiger partial charge on any atom is 0.359 e. The quantitative estimate of drug-likeness (QED) is 0.775. The number of nitrogens with two attached hydrogens (primary N) is 1. The number of carbonyl (C=O) groups is 3. The lowest BCUT2D eigenvalue weighted by molar-refractivity contribution is -0.118. The summed E-state index contributed by atoms with van der Waals surface area (Å²) in [5.41, 5.74) is 6.00. The second-order valence-corrected chi connectivity index (χ2v) is 4.29. The Morgan fingerprint density at radius 2 is 2.16 bits per heavy atom. The fraction of sp³-hybridized carbons (Fsp3) is 0.500. The van der Waals surface area contributed by atoms with E-state index in [0.717, 1.165) is 0 Å². The summed E-state index contributed by atoms with van der Waals surface area (Å²) in [6, 6.07) is 0. The Balaban J connectivity index is 2.48. The van der Waals surface area contributed by atoms with E-state index in [4.69, 9.17) is 10.5 Å². The van der Waals surface area contributed by atoms with Crippen LogP contribution in [0.2, 0.25) is 0 Å². The second kappa shape index (κ2) is 5.21. The molecule has 0 spiro atoms. The van der Waals surface area contributed by atoms with Gasteiger partial charge in [-0.2, -0.15) is 5.10 Å². The van der Waals surface area contributed by atoms with E-state index in [-0.39, 0.29) is 30.2 Å². The van der Waals surface area contributed by atoms with Crippen molar-refractivity contribution in [1.82, 2.24) is 9.78 Å². The molecule has 7 nitrogen and oxygen atoms in total. The van der Waals surface area contributed by atoms with Gasteiger partial charge in [-0.3, -0.25) is 14.3 Å². The number of primary amides is 1. The molecule has 1 aliphatic carbocycles. The van der Waals surface area contributed by atoms with Gasteiger partial charge in [-0.25, -0.2) is 4.79 Å². The van der Waals surface area contributed by atoms with Gasteiger partial charge >= 0.3 is 5.97 Å². The van der Waals surface area contributed by atoms with E-state index in [9.17, 15) is 14.4 Å². The number of aromatic nitrogens is 2. The number of nitrogens with zero attached hydrogens (tertiary/aromatic N) is 2. The summed E-state index contributed by atoms with van der Waals surface area (Å²) in [4.78, 5) is 34.7. The minimum Gasteiger partial charge on any atom is -0.461 e. The summed E-state index contributed by atoms with van der Waals surface area (Å²) in [5.74, 6) is -1.35. The summed E-state index contributed by atoms with van der Waals surface area (Å²) < 4.78 is 6.21. The number of ether oxygens (including phenoxy) is 1. The molecule has 1 heterocycles. The van der Waals surface area contributed by atoms with Crippen LogP contribution in [-0.2, 0) is 22.5 Å². The average molecular weight is 265 g/mol. The van der Waals surface area contributed by atoms with Gasteiger partial charge in [0, 0.05) is 6.42 Å². The summed E-state index contributed by atoms with van der Waals surface area (Å²) in [6.45, 7) is 1.73. The van der Waals surface area contributed by atoms with Crippen LogP contribution in [0.1, 0.15) is 46.3 Å². The minimum atomic E-state index is -0.641. The Morgan fingerprint density at radius 1 is 1.42 bits per heavy atom. The summed E-state index contributed by atoms with van der Waals surface area (Å²) in [6.07, 6.45) is 1.65. The van der Waals surface area contributed by atoms with Crippen LogP contribution in [0, 0.1) is 0 Å². The Kier molecular flexibility index (Phi) is 3.64. The van der Waals surface area contributed by atoms with Gasteiger partial charge in [0.1, 0.15) is 6.54 Å². The molecule has 0 bridgehead atoms. The lowest BCUT2D eigenvalue weighted by Gasteiger charge is -2.12. The van der Waals surface area contributed by atoms with Gasteiger partial charge < -0.3 is 10.5 Å². The van der Waals surface area contributed by atoms with E-state index in [1.165, 1.54) is 4.68 Å². The highest BCUT2D eigenvalue weighted by atomic mass is 16.5. The Labute approximate surface area is 109 Å². The van der Waals surface area contributed by atoms with E-state index in [1.807, 2.05) is 0 Å². The molecule has 0 aromatic carbocycles. The van der Waals surface area contributed by atoms with Gasteiger partial charge in [-0.05, 0) is 19.8 Å². The Morgan fingerprint density at radius 3 is 2.79 bits per heavy atom. The molecule has 0 fully saturated rings. The van der Waals surface area contributed by atoms with Crippen molar-refractivity contribution in [1.29, 1.82) is 0 Å². The standard InChI is InChI=1S/C12H15N3O4/c1-2-19-12(18)11-10-7(4-3-5-8(10)16)15(14-11)6-9(13)17/h2-6H2,1H3,(H2,13,17). The molecule has 7 heteroatoms. The number of Topliss-reactive ketones (excluding diaryl/α,β-unsaturated/α-hetero) is 1. The lowest BCUT2D eigenvalue weighted by atomic mass is 9.94. The third-order valence-corrected chi connectivity index (χ3v) is 2.93. The SMILES string of the molecule is CCOC(=O)c1nn(CC(N)=O)c2c1C(=O)CCC2. The van der Waals surface area contributed by atoms with Crippen molar-refractivity contribution in [2.45, 2.75) is 32.7 Å². The number of esters is 1. The van der Waals surface area contributed by atoms with E-state index in [2.05, 4.69) is 5.10 Å².